The second-order valence-electron chi connectivity index (χ2n) is 1.59. The zero-order chi connectivity index (χ0) is 7.40. The quantitative estimate of drug-likeness (QED) is 0.375. The Morgan fingerprint density at radius 2 is 2.50 bits per heavy atom. The van der Waals surface area contributed by atoms with E-state index in [-0.39, 0.29) is 0 Å². The molecule has 0 fully saturated rings. The molecule has 5 heteroatoms. The average molecular weight is 174 g/mol. The summed E-state index contributed by atoms with van der Waals surface area (Å²) in [5.41, 5.74) is 7.96. The van der Waals surface area contributed by atoms with Crippen molar-refractivity contribution < 1.29 is 0 Å². The third-order valence-corrected chi connectivity index (χ3v) is 2.13. The van der Waals surface area contributed by atoms with Crippen LogP contribution < -0.4 is 0 Å². The van der Waals surface area contributed by atoms with E-state index in [0.717, 1.165) is 9.21 Å². The molecule has 0 aliphatic rings. The highest BCUT2D eigenvalue weighted by molar-refractivity contribution is 7.16. The van der Waals surface area contributed by atoms with Gasteiger partial charge in [0, 0.05) is 9.79 Å². The Kier molecular flexibility index (Phi) is 2.57. The number of halogens is 1. The van der Waals surface area contributed by atoms with E-state index < -0.39 is 0 Å². The maximum absolute atomic E-state index is 7.96. The van der Waals surface area contributed by atoms with Crippen molar-refractivity contribution in [1.82, 2.24) is 0 Å². The van der Waals surface area contributed by atoms with Crippen molar-refractivity contribution >= 4 is 22.9 Å². The Hall–Kier alpha value is -0.700. The van der Waals surface area contributed by atoms with Crippen molar-refractivity contribution in [3.63, 3.8) is 0 Å². The van der Waals surface area contributed by atoms with E-state index >= 15 is 0 Å². The third-order valence-electron chi connectivity index (χ3n) is 0.919. The molecule has 0 atom stereocenters. The zero-order valence-corrected chi connectivity index (χ0v) is 6.56. The molecule has 3 nitrogen and oxygen atoms in total. The lowest BCUT2D eigenvalue weighted by Gasteiger charge is -1.81. The van der Waals surface area contributed by atoms with Gasteiger partial charge in [0.15, 0.2) is 0 Å². The fourth-order valence-corrected chi connectivity index (χ4v) is 1.54. The molecule has 0 saturated carbocycles. The molecule has 0 N–H and O–H groups in total. The van der Waals surface area contributed by atoms with Crippen molar-refractivity contribution in [2.24, 2.45) is 5.11 Å². The first kappa shape index (κ1) is 7.41. The lowest BCUT2D eigenvalue weighted by molar-refractivity contribution is 1.08. The summed E-state index contributed by atoms with van der Waals surface area (Å²) in [4.78, 5) is 3.62. The molecule has 1 aromatic rings. The molecule has 0 aliphatic carbocycles. The summed E-state index contributed by atoms with van der Waals surface area (Å²) in [6.07, 6.45) is 0. The van der Waals surface area contributed by atoms with Crippen LogP contribution in [0.4, 0.5) is 0 Å². The molecule has 0 aromatic carbocycles. The summed E-state index contributed by atoms with van der Waals surface area (Å²) in [7, 11) is 0. The highest BCUT2D eigenvalue weighted by Gasteiger charge is 1.93. The van der Waals surface area contributed by atoms with E-state index in [1.807, 2.05) is 6.07 Å². The van der Waals surface area contributed by atoms with Crippen molar-refractivity contribution in [2.75, 3.05) is 0 Å². The van der Waals surface area contributed by atoms with Crippen LogP contribution in [-0.2, 0) is 6.54 Å². The zero-order valence-electron chi connectivity index (χ0n) is 4.99. The minimum Gasteiger partial charge on any atom is -0.128 e. The van der Waals surface area contributed by atoms with Gasteiger partial charge in [-0.2, -0.15) is 0 Å². The first-order chi connectivity index (χ1) is 4.83. The van der Waals surface area contributed by atoms with Gasteiger partial charge in [-0.25, -0.2) is 0 Å². The Balaban J connectivity index is 2.66. The number of rotatable bonds is 2. The van der Waals surface area contributed by atoms with E-state index in [1.165, 1.54) is 11.3 Å². The van der Waals surface area contributed by atoms with Crippen LogP contribution in [0.3, 0.4) is 0 Å². The van der Waals surface area contributed by atoms with Crippen LogP contribution in [0.2, 0.25) is 4.34 Å². The van der Waals surface area contributed by atoms with E-state index in [9.17, 15) is 0 Å². The third kappa shape index (κ3) is 1.92. The molecule has 0 radical (unpaired) electrons. The SMILES string of the molecule is [N-]=[N+]=NCc1ccc(Cl)s1. The molecule has 0 saturated heterocycles. The molecule has 0 spiro atoms. The standard InChI is InChI=1S/C5H4ClN3S/c6-5-2-1-4(10-5)3-8-9-7/h1-2H,3H2. The molecule has 0 aliphatic heterocycles. The lowest BCUT2D eigenvalue weighted by Crippen LogP contribution is -1.66. The average Bonchev–Trinajstić information content (AvgIpc) is 2.31. The second kappa shape index (κ2) is 3.46. The van der Waals surface area contributed by atoms with Crippen LogP contribution in [0.15, 0.2) is 17.2 Å². The van der Waals surface area contributed by atoms with Gasteiger partial charge in [0.2, 0.25) is 0 Å². The highest BCUT2D eigenvalue weighted by atomic mass is 35.5. The summed E-state index contributed by atoms with van der Waals surface area (Å²) in [5, 5.41) is 3.39. The minimum atomic E-state index is 0.397. The number of nitrogens with zero attached hydrogens (tertiary/aromatic N) is 3. The molecular formula is C5H4ClN3S. The maximum Gasteiger partial charge on any atom is 0.0931 e. The molecule has 1 heterocycles. The Bertz CT molecular complexity index is 264. The van der Waals surface area contributed by atoms with Gasteiger partial charge in [-0.3, -0.25) is 0 Å². The van der Waals surface area contributed by atoms with Gasteiger partial charge in [0.25, 0.3) is 0 Å². The van der Waals surface area contributed by atoms with E-state index in [4.69, 9.17) is 17.1 Å². The smallest absolute Gasteiger partial charge is 0.0931 e. The van der Waals surface area contributed by atoms with Crippen molar-refractivity contribution in [1.29, 1.82) is 0 Å². The molecule has 10 heavy (non-hydrogen) atoms. The van der Waals surface area contributed by atoms with E-state index in [0.29, 0.717) is 6.54 Å². The van der Waals surface area contributed by atoms with Crippen LogP contribution >= 0.6 is 22.9 Å². The number of azide groups is 1. The van der Waals surface area contributed by atoms with Gasteiger partial charge in [-0.1, -0.05) is 16.7 Å². The van der Waals surface area contributed by atoms with Crippen molar-refractivity contribution in [3.8, 4) is 0 Å². The first-order valence-electron chi connectivity index (χ1n) is 2.58. The second-order valence-corrected chi connectivity index (χ2v) is 3.39. The van der Waals surface area contributed by atoms with E-state index in [1.54, 1.807) is 6.07 Å². The molecule has 52 valence electrons. The lowest BCUT2D eigenvalue weighted by atomic mass is 10.5. The monoisotopic (exact) mass is 173 g/mol. The highest BCUT2D eigenvalue weighted by Crippen LogP contribution is 2.21. The Labute approximate surface area is 66.9 Å². The summed E-state index contributed by atoms with van der Waals surface area (Å²) < 4.78 is 0.725. The fraction of sp³-hybridized carbons (Fsp3) is 0.200. The summed E-state index contributed by atoms with van der Waals surface area (Å²) in [6.45, 7) is 0.397. The van der Waals surface area contributed by atoms with Crippen LogP contribution in [0, 0.1) is 0 Å². The van der Waals surface area contributed by atoms with Gasteiger partial charge in [-0.05, 0) is 17.7 Å². The summed E-state index contributed by atoms with van der Waals surface area (Å²) >= 11 is 7.05. The van der Waals surface area contributed by atoms with E-state index in [2.05, 4.69) is 10.0 Å². The van der Waals surface area contributed by atoms with Crippen molar-refractivity contribution in [2.45, 2.75) is 6.54 Å². The number of hydrogen-bond donors (Lipinski definition) is 0. The van der Waals surface area contributed by atoms with Gasteiger partial charge in [-0.15, -0.1) is 11.3 Å². The number of hydrogen-bond acceptors (Lipinski definition) is 2. The number of thiophene rings is 1. The Morgan fingerprint density at radius 3 is 3.00 bits per heavy atom. The summed E-state index contributed by atoms with van der Waals surface area (Å²) in [6, 6.07) is 3.64. The molecular weight excluding hydrogens is 170 g/mol. The van der Waals surface area contributed by atoms with Gasteiger partial charge >= 0.3 is 0 Å². The minimum absolute atomic E-state index is 0.397. The summed E-state index contributed by atoms with van der Waals surface area (Å²) in [5.74, 6) is 0. The van der Waals surface area contributed by atoms with Gasteiger partial charge < -0.3 is 0 Å². The van der Waals surface area contributed by atoms with Gasteiger partial charge in [0.05, 0.1) is 10.9 Å². The fourth-order valence-electron chi connectivity index (χ4n) is 0.538. The molecule has 0 unspecified atom stereocenters. The van der Waals surface area contributed by atoms with Crippen LogP contribution in [0.1, 0.15) is 4.88 Å². The van der Waals surface area contributed by atoms with Gasteiger partial charge in [0.1, 0.15) is 0 Å². The maximum atomic E-state index is 7.96. The molecule has 0 bridgehead atoms. The van der Waals surface area contributed by atoms with Crippen molar-refractivity contribution in [3.05, 3.63) is 31.8 Å². The predicted octanol–water partition coefficient (Wildman–Crippen LogP) is 3.21. The molecule has 1 aromatic heterocycles. The first-order valence-corrected chi connectivity index (χ1v) is 3.77. The topological polar surface area (TPSA) is 48.8 Å². The van der Waals surface area contributed by atoms with Crippen LogP contribution in [0.5, 0.6) is 0 Å². The predicted molar refractivity (Wildman–Crippen MR) is 42.2 cm³/mol. The molecule has 0 amide bonds. The normalized spacial score (nSPS) is 8.90. The largest absolute Gasteiger partial charge is 0.128 e. The van der Waals surface area contributed by atoms with Crippen LogP contribution in [-0.4, -0.2) is 0 Å². The molecule has 1 rings (SSSR count). The Morgan fingerprint density at radius 1 is 1.70 bits per heavy atom. The van der Waals surface area contributed by atoms with Crippen LogP contribution in [0.25, 0.3) is 10.4 Å².